The van der Waals surface area contributed by atoms with Gasteiger partial charge in [0.15, 0.2) is 9.84 Å². The van der Waals surface area contributed by atoms with Gasteiger partial charge in [-0.2, -0.15) is 0 Å². The first-order chi connectivity index (χ1) is 14.7. The van der Waals surface area contributed by atoms with E-state index < -0.39 is 9.84 Å². The average Bonchev–Trinajstić information content (AvgIpc) is 3.08. The van der Waals surface area contributed by atoms with Crippen molar-refractivity contribution in [1.82, 2.24) is 9.47 Å². The van der Waals surface area contributed by atoms with Crippen LogP contribution < -0.4 is 0 Å². The van der Waals surface area contributed by atoms with Gasteiger partial charge >= 0.3 is 0 Å². The first-order valence-corrected chi connectivity index (χ1v) is 12.2. The molecule has 164 valence electrons. The van der Waals surface area contributed by atoms with Crippen LogP contribution in [0.3, 0.4) is 0 Å². The van der Waals surface area contributed by atoms with Crippen LogP contribution in [0.25, 0.3) is 10.9 Å². The summed E-state index contributed by atoms with van der Waals surface area (Å²) in [4.78, 5) is 15.0. The van der Waals surface area contributed by atoms with Gasteiger partial charge in [0.25, 0.3) is 0 Å². The predicted octanol–water partition coefficient (Wildman–Crippen LogP) is 3.90. The molecule has 8 heteroatoms. The summed E-state index contributed by atoms with van der Waals surface area (Å²) in [5, 5.41) is 1.18. The minimum absolute atomic E-state index is 0.0237. The molecular weight excluding hydrogens is 436 g/mol. The monoisotopic (exact) mass is 460 g/mol. The maximum absolute atomic E-state index is 13.2. The van der Waals surface area contributed by atoms with Crippen LogP contribution in [0.4, 0.5) is 0 Å². The number of para-hydroxylation sites is 1. The van der Waals surface area contributed by atoms with Gasteiger partial charge in [0.1, 0.15) is 6.54 Å². The lowest BCUT2D eigenvalue weighted by molar-refractivity contribution is -0.143. The number of carbonyl (C=O) groups is 1. The van der Waals surface area contributed by atoms with Crippen molar-refractivity contribution >= 4 is 38.2 Å². The van der Waals surface area contributed by atoms with Gasteiger partial charge in [-0.3, -0.25) is 4.79 Å². The fraction of sp³-hybridized carbons (Fsp3) is 0.348. The van der Waals surface area contributed by atoms with Gasteiger partial charge in [-0.15, -0.1) is 0 Å². The summed E-state index contributed by atoms with van der Waals surface area (Å²) in [6.07, 6.45) is 1.54. The molecule has 0 spiro atoms. The quantitative estimate of drug-likeness (QED) is 0.579. The molecule has 1 aliphatic rings. The molecule has 0 saturated carbocycles. The van der Waals surface area contributed by atoms with E-state index in [9.17, 15) is 13.2 Å². The highest BCUT2D eigenvalue weighted by Crippen LogP contribution is 2.28. The Morgan fingerprint density at radius 2 is 1.71 bits per heavy atom. The van der Waals surface area contributed by atoms with Crippen molar-refractivity contribution in [2.75, 3.05) is 13.1 Å². The summed E-state index contributed by atoms with van der Waals surface area (Å²) in [5.41, 5.74) is 1.38. The van der Waals surface area contributed by atoms with E-state index in [1.165, 1.54) is 0 Å². The molecule has 31 heavy (non-hydrogen) atoms. The number of halogens is 1. The summed E-state index contributed by atoms with van der Waals surface area (Å²) in [5.74, 6) is -0.186. The van der Waals surface area contributed by atoms with Crippen molar-refractivity contribution in [1.29, 1.82) is 0 Å². The lowest BCUT2D eigenvalue weighted by atomic mass is 10.2. The van der Waals surface area contributed by atoms with Gasteiger partial charge in [-0.25, -0.2) is 8.42 Å². The van der Waals surface area contributed by atoms with Crippen molar-refractivity contribution in [3.63, 3.8) is 0 Å². The van der Waals surface area contributed by atoms with Crippen LogP contribution in [-0.4, -0.2) is 49.1 Å². The molecule has 0 unspecified atom stereocenters. The SMILES string of the molecule is C[C@@H]1CN(C(=O)Cn2cc(S(=O)(=O)Cc3ccc(Cl)cc3)c3ccccc32)C[C@H](C)O1. The molecule has 2 aromatic carbocycles. The molecule has 4 rings (SSSR count). The Balaban J connectivity index is 1.64. The zero-order valence-electron chi connectivity index (χ0n) is 17.5. The highest BCUT2D eigenvalue weighted by molar-refractivity contribution is 7.90. The topological polar surface area (TPSA) is 68.6 Å². The molecule has 1 amide bonds. The number of ether oxygens (including phenoxy) is 1. The van der Waals surface area contributed by atoms with E-state index >= 15 is 0 Å². The van der Waals surface area contributed by atoms with Crippen LogP contribution in [0.5, 0.6) is 0 Å². The summed E-state index contributed by atoms with van der Waals surface area (Å²) in [6.45, 7) is 5.04. The minimum atomic E-state index is -3.62. The second-order valence-corrected chi connectivity index (χ2v) is 10.5. The minimum Gasteiger partial charge on any atom is -0.372 e. The van der Waals surface area contributed by atoms with E-state index in [4.69, 9.17) is 16.3 Å². The van der Waals surface area contributed by atoms with Gasteiger partial charge < -0.3 is 14.2 Å². The number of hydrogen-bond donors (Lipinski definition) is 0. The molecule has 1 saturated heterocycles. The van der Waals surface area contributed by atoms with Gasteiger partial charge in [-0.05, 0) is 37.6 Å². The van der Waals surface area contributed by atoms with E-state index in [-0.39, 0.29) is 35.3 Å². The van der Waals surface area contributed by atoms with Crippen molar-refractivity contribution in [3.05, 3.63) is 65.3 Å². The van der Waals surface area contributed by atoms with E-state index in [0.717, 1.165) is 5.52 Å². The van der Waals surface area contributed by atoms with E-state index in [0.29, 0.717) is 29.1 Å². The van der Waals surface area contributed by atoms with Gasteiger partial charge in [-0.1, -0.05) is 41.9 Å². The van der Waals surface area contributed by atoms with Gasteiger partial charge in [0, 0.05) is 35.2 Å². The van der Waals surface area contributed by atoms with Crippen molar-refractivity contribution < 1.29 is 17.9 Å². The number of nitrogens with zero attached hydrogens (tertiary/aromatic N) is 2. The average molecular weight is 461 g/mol. The molecule has 3 aromatic rings. The fourth-order valence-corrected chi connectivity index (χ4v) is 5.81. The van der Waals surface area contributed by atoms with Gasteiger partial charge in [0.05, 0.1) is 22.9 Å². The van der Waals surface area contributed by atoms with Crippen LogP contribution >= 0.6 is 11.6 Å². The van der Waals surface area contributed by atoms with Crippen molar-refractivity contribution in [3.8, 4) is 0 Å². The zero-order valence-corrected chi connectivity index (χ0v) is 19.1. The summed E-state index contributed by atoms with van der Waals surface area (Å²) >= 11 is 5.92. The molecule has 0 aliphatic carbocycles. The van der Waals surface area contributed by atoms with Crippen LogP contribution in [-0.2, 0) is 31.7 Å². The van der Waals surface area contributed by atoms with E-state index in [1.807, 2.05) is 26.0 Å². The Hall–Kier alpha value is -2.35. The Morgan fingerprint density at radius 3 is 2.39 bits per heavy atom. The summed E-state index contributed by atoms with van der Waals surface area (Å²) in [6, 6.07) is 14.1. The highest BCUT2D eigenvalue weighted by Gasteiger charge is 2.27. The Morgan fingerprint density at radius 1 is 1.06 bits per heavy atom. The molecule has 0 N–H and O–H groups in total. The van der Waals surface area contributed by atoms with Gasteiger partial charge in [0.2, 0.25) is 5.91 Å². The molecule has 1 aliphatic heterocycles. The first-order valence-electron chi connectivity index (χ1n) is 10.2. The molecule has 2 heterocycles. The maximum Gasteiger partial charge on any atom is 0.242 e. The Bertz CT molecular complexity index is 1190. The molecule has 2 atom stereocenters. The third kappa shape index (κ3) is 4.79. The number of aromatic nitrogens is 1. The highest BCUT2D eigenvalue weighted by atomic mass is 35.5. The number of hydrogen-bond acceptors (Lipinski definition) is 4. The maximum atomic E-state index is 13.2. The number of morpholine rings is 1. The third-order valence-electron chi connectivity index (χ3n) is 5.43. The number of sulfone groups is 1. The Kier molecular flexibility index (Phi) is 6.10. The second-order valence-electron chi connectivity index (χ2n) is 8.08. The smallest absolute Gasteiger partial charge is 0.242 e. The number of fused-ring (bicyclic) bond motifs is 1. The first kappa shape index (κ1) is 21.9. The lowest BCUT2D eigenvalue weighted by Crippen LogP contribution is -2.49. The number of benzene rings is 2. The number of carbonyl (C=O) groups excluding carboxylic acids is 1. The standard InChI is InChI=1S/C23H25ClN2O4S/c1-16-11-26(12-17(2)30-16)23(27)14-25-13-22(20-5-3-4-6-21(20)25)31(28,29)15-18-7-9-19(24)10-8-18/h3-10,13,16-17H,11-12,14-15H2,1-2H3/t16-,17+. The van der Waals surface area contributed by atoms with E-state index in [1.54, 1.807) is 52.1 Å². The van der Waals surface area contributed by atoms with Crippen LogP contribution in [0.15, 0.2) is 59.6 Å². The van der Waals surface area contributed by atoms with Crippen LogP contribution in [0, 0.1) is 0 Å². The lowest BCUT2D eigenvalue weighted by Gasteiger charge is -2.35. The summed E-state index contributed by atoms with van der Waals surface area (Å²) < 4.78 is 33.9. The van der Waals surface area contributed by atoms with Crippen molar-refractivity contribution in [2.45, 2.75) is 43.2 Å². The molecular formula is C23H25ClN2O4S. The van der Waals surface area contributed by atoms with E-state index in [2.05, 4.69) is 0 Å². The molecule has 0 bridgehead atoms. The third-order valence-corrected chi connectivity index (χ3v) is 7.40. The second kappa shape index (κ2) is 8.65. The van der Waals surface area contributed by atoms with Crippen LogP contribution in [0.2, 0.25) is 5.02 Å². The fourth-order valence-electron chi connectivity index (χ4n) is 4.10. The zero-order chi connectivity index (χ0) is 22.2. The summed E-state index contributed by atoms with van der Waals surface area (Å²) in [7, 11) is -3.62. The molecule has 0 radical (unpaired) electrons. The van der Waals surface area contributed by atoms with Crippen molar-refractivity contribution in [2.24, 2.45) is 0 Å². The number of amides is 1. The number of rotatable bonds is 5. The normalized spacial score (nSPS) is 19.6. The predicted molar refractivity (Wildman–Crippen MR) is 121 cm³/mol. The molecule has 6 nitrogen and oxygen atoms in total. The largest absolute Gasteiger partial charge is 0.372 e. The Labute approximate surface area is 187 Å². The molecule has 1 fully saturated rings. The van der Waals surface area contributed by atoms with Crippen LogP contribution in [0.1, 0.15) is 19.4 Å². The molecule has 1 aromatic heterocycles.